The fraction of sp³-hybridized carbons (Fsp3) is 0.185. The lowest BCUT2D eigenvalue weighted by molar-refractivity contribution is 0.776. The monoisotopic (exact) mass is 401 g/mol. The molecule has 1 aliphatic rings. The summed E-state index contributed by atoms with van der Waals surface area (Å²) in [5.41, 5.74) is 9.65. The maximum atomic E-state index is 5.65. The standard InChI is InChI=1S/C27H24BN3/c1-18-6-2-3-7-22(18)25-16-20-17-29-27(30-21-12-10-19(11-13-21)14-15-28)31-26(20)24-9-5-4-8-23(24)25/h2-13,17,25H,14-16H2,1H3,(H,29,30,31). The first kappa shape index (κ1) is 19.6. The smallest absolute Gasteiger partial charge is 0.227 e. The molecule has 1 aromatic heterocycles. The van der Waals surface area contributed by atoms with Crippen molar-refractivity contribution in [1.82, 2.24) is 9.97 Å². The first-order valence-electron chi connectivity index (χ1n) is 10.8. The van der Waals surface area contributed by atoms with Gasteiger partial charge in [-0.1, -0.05) is 67.0 Å². The highest BCUT2D eigenvalue weighted by Gasteiger charge is 2.28. The van der Waals surface area contributed by atoms with Crippen LogP contribution in [0.5, 0.6) is 0 Å². The van der Waals surface area contributed by atoms with Gasteiger partial charge in [-0.15, -0.1) is 0 Å². The van der Waals surface area contributed by atoms with Gasteiger partial charge >= 0.3 is 0 Å². The zero-order chi connectivity index (χ0) is 21.2. The Kier molecular flexibility index (Phi) is 5.29. The number of aromatic nitrogens is 2. The molecule has 3 nitrogen and oxygen atoms in total. The molecule has 0 bridgehead atoms. The molecule has 31 heavy (non-hydrogen) atoms. The number of aryl methyl sites for hydroxylation is 2. The number of nitrogens with one attached hydrogen (secondary N) is 1. The lowest BCUT2D eigenvalue weighted by Gasteiger charge is -2.28. The van der Waals surface area contributed by atoms with Crippen molar-refractivity contribution in [3.05, 3.63) is 107 Å². The third-order valence-corrected chi connectivity index (χ3v) is 6.09. The third-order valence-electron chi connectivity index (χ3n) is 6.09. The molecular formula is C27H24BN3. The molecule has 0 fully saturated rings. The van der Waals surface area contributed by atoms with Gasteiger partial charge in [-0.3, -0.25) is 0 Å². The maximum absolute atomic E-state index is 5.65. The van der Waals surface area contributed by atoms with Gasteiger partial charge in [-0.2, -0.15) is 0 Å². The van der Waals surface area contributed by atoms with Crippen LogP contribution in [0.15, 0.2) is 79.0 Å². The van der Waals surface area contributed by atoms with Gasteiger partial charge in [0.1, 0.15) is 0 Å². The van der Waals surface area contributed by atoms with E-state index in [4.69, 9.17) is 12.8 Å². The van der Waals surface area contributed by atoms with Gasteiger partial charge < -0.3 is 5.32 Å². The summed E-state index contributed by atoms with van der Waals surface area (Å²) in [6, 6.07) is 25.6. The summed E-state index contributed by atoms with van der Waals surface area (Å²) in [7, 11) is 5.65. The van der Waals surface area contributed by atoms with Crippen LogP contribution >= 0.6 is 0 Å². The quantitative estimate of drug-likeness (QED) is 0.416. The highest BCUT2D eigenvalue weighted by Crippen LogP contribution is 2.42. The molecule has 0 saturated heterocycles. The molecule has 4 aromatic rings. The number of anilines is 2. The van der Waals surface area contributed by atoms with Crippen LogP contribution in [0.1, 0.15) is 33.7 Å². The second-order valence-corrected chi connectivity index (χ2v) is 8.13. The molecule has 150 valence electrons. The molecule has 1 atom stereocenters. The maximum Gasteiger partial charge on any atom is 0.227 e. The van der Waals surface area contributed by atoms with Crippen molar-refractivity contribution in [2.24, 2.45) is 0 Å². The van der Waals surface area contributed by atoms with Gasteiger partial charge in [0.15, 0.2) is 0 Å². The molecule has 0 aliphatic heterocycles. The molecular weight excluding hydrogens is 377 g/mol. The molecule has 0 spiro atoms. The zero-order valence-electron chi connectivity index (χ0n) is 17.7. The number of nitrogens with zero attached hydrogens (tertiary/aromatic N) is 2. The van der Waals surface area contributed by atoms with Gasteiger partial charge in [0.2, 0.25) is 5.95 Å². The Morgan fingerprint density at radius 3 is 2.45 bits per heavy atom. The van der Waals surface area contributed by atoms with Gasteiger partial charge in [-0.25, -0.2) is 9.97 Å². The minimum Gasteiger partial charge on any atom is -0.324 e. The zero-order valence-corrected chi connectivity index (χ0v) is 17.7. The highest BCUT2D eigenvalue weighted by molar-refractivity contribution is 6.08. The van der Waals surface area contributed by atoms with E-state index in [0.29, 0.717) is 18.2 Å². The van der Waals surface area contributed by atoms with Crippen molar-refractivity contribution in [1.29, 1.82) is 0 Å². The molecule has 5 rings (SSSR count). The minimum absolute atomic E-state index is 0.322. The first-order chi connectivity index (χ1) is 15.2. The Morgan fingerprint density at radius 1 is 0.935 bits per heavy atom. The molecule has 3 aromatic carbocycles. The van der Waals surface area contributed by atoms with Crippen LogP contribution in [-0.4, -0.2) is 17.8 Å². The second-order valence-electron chi connectivity index (χ2n) is 8.13. The van der Waals surface area contributed by atoms with Crippen LogP contribution in [0.25, 0.3) is 11.3 Å². The van der Waals surface area contributed by atoms with Crippen LogP contribution < -0.4 is 5.32 Å². The van der Waals surface area contributed by atoms with Gasteiger partial charge in [0, 0.05) is 23.4 Å². The minimum atomic E-state index is 0.322. The van der Waals surface area contributed by atoms with Crippen molar-refractivity contribution in [2.45, 2.75) is 32.0 Å². The van der Waals surface area contributed by atoms with E-state index < -0.39 is 0 Å². The fourth-order valence-corrected chi connectivity index (χ4v) is 4.50. The van der Waals surface area contributed by atoms with Crippen LogP contribution in [0.4, 0.5) is 11.6 Å². The van der Waals surface area contributed by atoms with Crippen molar-refractivity contribution < 1.29 is 0 Å². The molecule has 1 aliphatic carbocycles. The molecule has 4 heteroatoms. The Labute approximate surface area is 185 Å². The summed E-state index contributed by atoms with van der Waals surface area (Å²) < 4.78 is 0. The number of fused-ring (bicyclic) bond motifs is 3. The molecule has 2 radical (unpaired) electrons. The van der Waals surface area contributed by atoms with E-state index in [0.717, 1.165) is 24.2 Å². The summed E-state index contributed by atoms with van der Waals surface area (Å²) in [5, 5.41) is 3.35. The second kappa shape index (κ2) is 8.39. The topological polar surface area (TPSA) is 37.8 Å². The van der Waals surface area contributed by atoms with E-state index in [-0.39, 0.29) is 0 Å². The Balaban J connectivity index is 1.49. The van der Waals surface area contributed by atoms with E-state index in [2.05, 4.69) is 90.0 Å². The summed E-state index contributed by atoms with van der Waals surface area (Å²) in [4.78, 5) is 9.54. The van der Waals surface area contributed by atoms with E-state index in [1.54, 1.807) is 0 Å². The van der Waals surface area contributed by atoms with Crippen molar-refractivity contribution in [3.63, 3.8) is 0 Å². The average molecular weight is 401 g/mol. The van der Waals surface area contributed by atoms with Gasteiger partial charge in [-0.05, 0) is 59.7 Å². The highest BCUT2D eigenvalue weighted by atomic mass is 15.1. The van der Waals surface area contributed by atoms with Crippen molar-refractivity contribution in [2.75, 3.05) is 5.32 Å². The fourth-order valence-electron chi connectivity index (χ4n) is 4.50. The Hall–Kier alpha value is -3.40. The molecule has 0 amide bonds. The van der Waals surface area contributed by atoms with E-state index in [1.165, 1.54) is 33.4 Å². The van der Waals surface area contributed by atoms with Crippen LogP contribution in [0.2, 0.25) is 6.32 Å². The average Bonchev–Trinajstić information content (AvgIpc) is 2.81. The molecule has 1 heterocycles. The molecule has 1 N–H and O–H groups in total. The van der Waals surface area contributed by atoms with E-state index >= 15 is 0 Å². The first-order valence-corrected chi connectivity index (χ1v) is 10.8. The van der Waals surface area contributed by atoms with Crippen LogP contribution in [-0.2, 0) is 12.8 Å². The van der Waals surface area contributed by atoms with E-state index in [9.17, 15) is 0 Å². The number of hydrogen-bond acceptors (Lipinski definition) is 3. The predicted molar refractivity (Wildman–Crippen MR) is 128 cm³/mol. The van der Waals surface area contributed by atoms with Crippen LogP contribution in [0.3, 0.4) is 0 Å². The van der Waals surface area contributed by atoms with Crippen LogP contribution in [0, 0.1) is 6.92 Å². The SMILES string of the molecule is [B]CCc1ccc(Nc2ncc3c(n2)-c2ccccc2C(c2ccccc2C)C3)cc1. The summed E-state index contributed by atoms with van der Waals surface area (Å²) in [6.45, 7) is 2.19. The predicted octanol–water partition coefficient (Wildman–Crippen LogP) is 6.01. The lowest BCUT2D eigenvalue weighted by Crippen LogP contribution is -2.15. The van der Waals surface area contributed by atoms with Crippen molar-refractivity contribution in [3.8, 4) is 11.3 Å². The Bertz CT molecular complexity index is 1220. The molecule has 1 unspecified atom stereocenters. The number of benzene rings is 3. The normalized spacial score (nSPS) is 14.5. The summed E-state index contributed by atoms with van der Waals surface area (Å²) >= 11 is 0. The largest absolute Gasteiger partial charge is 0.324 e. The van der Waals surface area contributed by atoms with Gasteiger partial charge in [0.25, 0.3) is 0 Å². The molecule has 0 saturated carbocycles. The number of hydrogen-bond donors (Lipinski definition) is 1. The van der Waals surface area contributed by atoms with Gasteiger partial charge in [0.05, 0.1) is 13.5 Å². The lowest BCUT2D eigenvalue weighted by atomic mass is 9.77. The van der Waals surface area contributed by atoms with E-state index in [1.807, 2.05) is 6.20 Å². The summed E-state index contributed by atoms with van der Waals surface area (Å²) in [6.07, 6.45) is 4.43. The summed E-state index contributed by atoms with van der Waals surface area (Å²) in [5.74, 6) is 0.942. The number of rotatable bonds is 5. The van der Waals surface area contributed by atoms with Crippen molar-refractivity contribution >= 4 is 19.5 Å². The third kappa shape index (κ3) is 3.86. The Morgan fingerprint density at radius 2 is 1.68 bits per heavy atom.